The fourth-order valence-corrected chi connectivity index (χ4v) is 2.88. The third-order valence-electron chi connectivity index (χ3n) is 5.04. The summed E-state index contributed by atoms with van der Waals surface area (Å²) in [5.41, 5.74) is 6.51. The van der Waals surface area contributed by atoms with Crippen molar-refractivity contribution < 1.29 is 4.79 Å². The standard InChI is InChI=1S/C14H24N4O/c1-13(2)11(14(13,3)4)7-16-12(19)10-8-18(6-5-15)9-17-10/h8-9,11H,5-7,15H2,1-4H3,(H,16,19). The second-order valence-corrected chi connectivity index (χ2v) is 6.49. The van der Waals surface area contributed by atoms with Crippen LogP contribution in [0.1, 0.15) is 38.2 Å². The summed E-state index contributed by atoms with van der Waals surface area (Å²) in [6, 6.07) is 0. The molecule has 0 aromatic carbocycles. The van der Waals surface area contributed by atoms with Crippen molar-refractivity contribution in [1.29, 1.82) is 0 Å². The van der Waals surface area contributed by atoms with Crippen LogP contribution in [0.2, 0.25) is 0 Å². The minimum absolute atomic E-state index is 0.103. The Bertz CT molecular complexity index is 462. The molecule has 0 saturated heterocycles. The van der Waals surface area contributed by atoms with Crippen molar-refractivity contribution in [3.05, 3.63) is 18.2 Å². The summed E-state index contributed by atoms with van der Waals surface area (Å²) >= 11 is 0. The molecule has 0 spiro atoms. The summed E-state index contributed by atoms with van der Waals surface area (Å²) < 4.78 is 1.83. The highest BCUT2D eigenvalue weighted by molar-refractivity contribution is 5.92. The van der Waals surface area contributed by atoms with E-state index < -0.39 is 0 Å². The molecule has 5 heteroatoms. The van der Waals surface area contributed by atoms with E-state index in [2.05, 4.69) is 38.0 Å². The lowest BCUT2D eigenvalue weighted by molar-refractivity contribution is 0.0945. The van der Waals surface area contributed by atoms with Crippen LogP contribution in [-0.2, 0) is 6.54 Å². The summed E-state index contributed by atoms with van der Waals surface area (Å²) in [7, 11) is 0. The molecule has 1 aliphatic carbocycles. The number of nitrogens with zero attached hydrogens (tertiary/aromatic N) is 2. The molecule has 0 aliphatic heterocycles. The first-order chi connectivity index (χ1) is 8.80. The van der Waals surface area contributed by atoms with Crippen LogP contribution in [0, 0.1) is 16.7 Å². The van der Waals surface area contributed by atoms with E-state index >= 15 is 0 Å². The lowest BCUT2D eigenvalue weighted by Crippen LogP contribution is -2.27. The quantitative estimate of drug-likeness (QED) is 0.840. The first-order valence-corrected chi connectivity index (χ1v) is 6.80. The molecule has 0 bridgehead atoms. The fourth-order valence-electron chi connectivity index (χ4n) is 2.88. The number of carbonyl (C=O) groups is 1. The van der Waals surface area contributed by atoms with Crippen molar-refractivity contribution in [2.45, 2.75) is 34.2 Å². The smallest absolute Gasteiger partial charge is 0.271 e. The van der Waals surface area contributed by atoms with Crippen molar-refractivity contribution in [2.24, 2.45) is 22.5 Å². The van der Waals surface area contributed by atoms with Crippen molar-refractivity contribution in [1.82, 2.24) is 14.9 Å². The van der Waals surface area contributed by atoms with Gasteiger partial charge in [-0.25, -0.2) is 4.98 Å². The zero-order valence-electron chi connectivity index (χ0n) is 12.2. The molecular formula is C14H24N4O. The summed E-state index contributed by atoms with van der Waals surface area (Å²) in [6.07, 6.45) is 3.39. The lowest BCUT2D eigenvalue weighted by atomic mass is 10.0. The van der Waals surface area contributed by atoms with Gasteiger partial charge in [-0.3, -0.25) is 4.79 Å². The second-order valence-electron chi connectivity index (χ2n) is 6.49. The van der Waals surface area contributed by atoms with Crippen LogP contribution in [0.15, 0.2) is 12.5 Å². The number of rotatable bonds is 5. The second kappa shape index (κ2) is 4.63. The van der Waals surface area contributed by atoms with Gasteiger partial charge in [0, 0.05) is 25.8 Å². The van der Waals surface area contributed by atoms with Gasteiger partial charge in [0.25, 0.3) is 5.91 Å². The first-order valence-electron chi connectivity index (χ1n) is 6.80. The predicted molar refractivity (Wildman–Crippen MR) is 74.7 cm³/mol. The van der Waals surface area contributed by atoms with Crippen molar-refractivity contribution in [3.63, 3.8) is 0 Å². The van der Waals surface area contributed by atoms with Crippen LogP contribution in [0.3, 0.4) is 0 Å². The van der Waals surface area contributed by atoms with E-state index in [1.807, 2.05) is 4.57 Å². The highest BCUT2D eigenvalue weighted by Gasteiger charge is 2.64. The first kappa shape index (κ1) is 14.1. The van der Waals surface area contributed by atoms with E-state index in [9.17, 15) is 4.79 Å². The Morgan fingerprint density at radius 1 is 1.42 bits per heavy atom. The minimum Gasteiger partial charge on any atom is -0.350 e. The molecule has 5 nitrogen and oxygen atoms in total. The number of amides is 1. The van der Waals surface area contributed by atoms with Gasteiger partial charge < -0.3 is 15.6 Å². The van der Waals surface area contributed by atoms with Crippen LogP contribution in [0.4, 0.5) is 0 Å². The number of carbonyl (C=O) groups excluding carboxylic acids is 1. The molecule has 106 valence electrons. The van der Waals surface area contributed by atoms with Crippen LogP contribution in [0.25, 0.3) is 0 Å². The molecule has 1 aliphatic rings. The Balaban J connectivity index is 1.88. The minimum atomic E-state index is -0.103. The molecule has 1 aromatic rings. The number of aromatic nitrogens is 2. The van der Waals surface area contributed by atoms with E-state index in [0.717, 1.165) is 0 Å². The Kier molecular flexibility index (Phi) is 3.43. The average molecular weight is 264 g/mol. The topological polar surface area (TPSA) is 72.9 Å². The maximum Gasteiger partial charge on any atom is 0.271 e. The van der Waals surface area contributed by atoms with Crippen LogP contribution >= 0.6 is 0 Å². The largest absolute Gasteiger partial charge is 0.350 e. The Morgan fingerprint density at radius 2 is 2.05 bits per heavy atom. The number of hydrogen-bond acceptors (Lipinski definition) is 3. The van der Waals surface area contributed by atoms with Gasteiger partial charge >= 0.3 is 0 Å². The molecule has 1 fully saturated rings. The van der Waals surface area contributed by atoms with E-state index in [0.29, 0.717) is 42.1 Å². The van der Waals surface area contributed by atoms with E-state index in [4.69, 9.17) is 5.73 Å². The zero-order chi connectivity index (χ0) is 14.3. The zero-order valence-corrected chi connectivity index (χ0v) is 12.2. The van der Waals surface area contributed by atoms with E-state index in [-0.39, 0.29) is 5.91 Å². The number of nitrogens with two attached hydrogens (primary N) is 1. The molecule has 1 heterocycles. The molecular weight excluding hydrogens is 240 g/mol. The number of imidazole rings is 1. The highest BCUT2D eigenvalue weighted by Crippen LogP contribution is 2.67. The lowest BCUT2D eigenvalue weighted by Gasteiger charge is -2.04. The molecule has 3 N–H and O–H groups in total. The van der Waals surface area contributed by atoms with Gasteiger partial charge in [-0.05, 0) is 16.7 Å². The summed E-state index contributed by atoms with van der Waals surface area (Å²) in [5.74, 6) is 0.421. The summed E-state index contributed by atoms with van der Waals surface area (Å²) in [4.78, 5) is 16.1. The van der Waals surface area contributed by atoms with Gasteiger partial charge in [0.05, 0.1) is 6.33 Å². The molecule has 19 heavy (non-hydrogen) atoms. The maximum absolute atomic E-state index is 12.0. The molecule has 0 unspecified atom stereocenters. The Labute approximate surface area is 114 Å². The number of nitrogens with one attached hydrogen (secondary N) is 1. The normalized spacial score (nSPS) is 20.3. The Hall–Kier alpha value is -1.36. The van der Waals surface area contributed by atoms with Gasteiger partial charge in [-0.2, -0.15) is 0 Å². The van der Waals surface area contributed by atoms with Crippen LogP contribution < -0.4 is 11.1 Å². The van der Waals surface area contributed by atoms with Crippen molar-refractivity contribution in [3.8, 4) is 0 Å². The van der Waals surface area contributed by atoms with Crippen molar-refractivity contribution in [2.75, 3.05) is 13.1 Å². The Morgan fingerprint density at radius 3 is 2.58 bits per heavy atom. The van der Waals surface area contributed by atoms with Gasteiger partial charge in [0.2, 0.25) is 0 Å². The third kappa shape index (κ3) is 2.39. The average Bonchev–Trinajstić information content (AvgIpc) is 2.71. The van der Waals surface area contributed by atoms with E-state index in [1.165, 1.54) is 0 Å². The van der Waals surface area contributed by atoms with Crippen LogP contribution in [0.5, 0.6) is 0 Å². The summed E-state index contributed by atoms with van der Waals surface area (Å²) in [5, 5.41) is 2.98. The molecule has 1 amide bonds. The van der Waals surface area contributed by atoms with Gasteiger partial charge in [0.1, 0.15) is 5.69 Å². The number of hydrogen-bond donors (Lipinski definition) is 2. The molecule has 1 aromatic heterocycles. The summed E-state index contributed by atoms with van der Waals surface area (Å²) in [6.45, 7) is 10.9. The molecule has 1 saturated carbocycles. The van der Waals surface area contributed by atoms with Gasteiger partial charge in [0.15, 0.2) is 0 Å². The molecule has 2 rings (SSSR count). The maximum atomic E-state index is 12.0. The molecule has 0 atom stereocenters. The third-order valence-corrected chi connectivity index (χ3v) is 5.04. The van der Waals surface area contributed by atoms with Gasteiger partial charge in [-0.1, -0.05) is 27.7 Å². The van der Waals surface area contributed by atoms with Crippen LogP contribution in [-0.4, -0.2) is 28.5 Å². The monoisotopic (exact) mass is 264 g/mol. The fraction of sp³-hybridized carbons (Fsp3) is 0.714. The van der Waals surface area contributed by atoms with Crippen molar-refractivity contribution >= 4 is 5.91 Å². The van der Waals surface area contributed by atoms with E-state index in [1.54, 1.807) is 12.5 Å². The molecule has 0 radical (unpaired) electrons. The SMILES string of the molecule is CC1(C)C(CNC(=O)c2cn(CCN)cn2)C1(C)C. The highest BCUT2D eigenvalue weighted by atomic mass is 16.1. The van der Waals surface area contributed by atoms with Gasteiger partial charge in [-0.15, -0.1) is 0 Å². The predicted octanol–water partition coefficient (Wildman–Crippen LogP) is 1.25.